The zero-order valence-corrected chi connectivity index (χ0v) is 17.5. The Balaban J connectivity index is 2.42. The zero-order chi connectivity index (χ0) is 23.3. The number of carbonyl (C=O) groups is 1. The van der Waals surface area contributed by atoms with E-state index in [1.165, 1.54) is 31.2 Å². The van der Waals surface area contributed by atoms with Crippen molar-refractivity contribution in [3.63, 3.8) is 0 Å². The number of hydrogen-bond acceptors (Lipinski definition) is 5. The largest absolute Gasteiger partial charge is 0.513 e. The van der Waals surface area contributed by atoms with Crippen LogP contribution in [0, 0.1) is 29.1 Å². The third-order valence-electron chi connectivity index (χ3n) is 3.95. The summed E-state index contributed by atoms with van der Waals surface area (Å²) in [5.41, 5.74) is 0. The maximum absolute atomic E-state index is 14.0. The van der Waals surface area contributed by atoms with Gasteiger partial charge >= 0.3 is 13.7 Å². The van der Waals surface area contributed by atoms with Crippen molar-refractivity contribution in [3.05, 3.63) is 59.4 Å². The lowest BCUT2D eigenvalue weighted by Gasteiger charge is -2.24. The fourth-order valence-electron chi connectivity index (χ4n) is 2.15. The summed E-state index contributed by atoms with van der Waals surface area (Å²) in [6, 6.07) is 5.67. The molecule has 2 rings (SSSR count). The van der Waals surface area contributed by atoms with Crippen LogP contribution in [-0.4, -0.2) is 18.1 Å². The summed E-state index contributed by atoms with van der Waals surface area (Å²) in [4.78, 5) is 12.1. The summed E-state index contributed by atoms with van der Waals surface area (Å²) in [6.07, 6.45) is -0.0280. The molecular formula is C19H19F5NO5P. The molecule has 0 heterocycles. The second-order valence-electron chi connectivity index (χ2n) is 6.40. The molecule has 0 saturated heterocycles. The highest BCUT2D eigenvalue weighted by Gasteiger charge is 2.38. The van der Waals surface area contributed by atoms with Crippen molar-refractivity contribution in [1.82, 2.24) is 5.09 Å². The first-order valence-corrected chi connectivity index (χ1v) is 10.6. The van der Waals surface area contributed by atoms with Crippen LogP contribution in [-0.2, 0) is 14.1 Å². The fourth-order valence-corrected chi connectivity index (χ4v) is 3.67. The molecule has 0 radical (unpaired) electrons. The van der Waals surface area contributed by atoms with Crippen LogP contribution >= 0.6 is 7.75 Å². The van der Waals surface area contributed by atoms with E-state index < -0.39 is 60.7 Å². The average molecular weight is 467 g/mol. The van der Waals surface area contributed by atoms with Crippen LogP contribution in [0.1, 0.15) is 27.2 Å². The Morgan fingerprint density at radius 3 is 1.97 bits per heavy atom. The third-order valence-corrected chi connectivity index (χ3v) is 5.52. The van der Waals surface area contributed by atoms with Gasteiger partial charge in [0, 0.05) is 0 Å². The standard InChI is InChI=1S/C19H19F5NO5P/c1-4-10(2)28-19(26)11(3)25-31(27,29-12-8-6-5-7-9-12)30-18-16(23)14(21)13(20)15(22)17(18)24/h5-11H,4H2,1-3H3,(H,25,27)/t10-,11?,31?/m1/s1. The monoisotopic (exact) mass is 467 g/mol. The van der Waals surface area contributed by atoms with Gasteiger partial charge in [-0.05, 0) is 32.4 Å². The highest BCUT2D eigenvalue weighted by molar-refractivity contribution is 7.52. The van der Waals surface area contributed by atoms with Crippen molar-refractivity contribution in [2.75, 3.05) is 0 Å². The van der Waals surface area contributed by atoms with Crippen molar-refractivity contribution >= 4 is 13.7 Å². The predicted octanol–water partition coefficient (Wildman–Crippen LogP) is 5.27. The molecule has 2 unspecified atom stereocenters. The molecule has 31 heavy (non-hydrogen) atoms. The van der Waals surface area contributed by atoms with E-state index in [2.05, 4.69) is 9.61 Å². The quantitative estimate of drug-likeness (QED) is 0.178. The van der Waals surface area contributed by atoms with Gasteiger partial charge in [-0.1, -0.05) is 25.1 Å². The molecule has 170 valence electrons. The maximum atomic E-state index is 14.0. The number of rotatable bonds is 9. The molecule has 3 atom stereocenters. The Bertz CT molecular complexity index is 962. The first-order valence-electron chi connectivity index (χ1n) is 9.03. The van der Waals surface area contributed by atoms with Crippen molar-refractivity contribution in [2.45, 2.75) is 39.3 Å². The van der Waals surface area contributed by atoms with Gasteiger partial charge in [0.05, 0.1) is 6.10 Å². The number of para-hydroxylation sites is 1. The van der Waals surface area contributed by atoms with Crippen molar-refractivity contribution in [1.29, 1.82) is 0 Å². The topological polar surface area (TPSA) is 73.9 Å². The highest BCUT2D eigenvalue weighted by atomic mass is 31.2. The molecule has 0 amide bonds. The molecule has 0 aromatic heterocycles. The SMILES string of the molecule is CC[C@@H](C)OC(=O)C(C)NP(=O)(Oc1ccccc1)Oc1c(F)c(F)c(F)c(F)c1F. The lowest BCUT2D eigenvalue weighted by Crippen LogP contribution is -2.37. The van der Waals surface area contributed by atoms with Crippen LogP contribution < -0.4 is 14.1 Å². The van der Waals surface area contributed by atoms with E-state index in [1.54, 1.807) is 19.9 Å². The van der Waals surface area contributed by atoms with Gasteiger partial charge in [0.2, 0.25) is 34.8 Å². The van der Waals surface area contributed by atoms with Crippen LogP contribution in [0.2, 0.25) is 0 Å². The second-order valence-corrected chi connectivity index (χ2v) is 8.02. The molecule has 0 bridgehead atoms. The van der Waals surface area contributed by atoms with Crippen molar-refractivity contribution in [3.8, 4) is 11.5 Å². The minimum Gasteiger partial charge on any atom is -0.462 e. The van der Waals surface area contributed by atoms with Crippen LogP contribution in [0.25, 0.3) is 0 Å². The number of esters is 1. The Labute approximate surface area is 174 Å². The molecule has 0 fully saturated rings. The summed E-state index contributed by atoms with van der Waals surface area (Å²) in [5, 5.41) is 2.09. The van der Waals surface area contributed by atoms with E-state index in [0.29, 0.717) is 6.42 Å². The Kier molecular flexibility index (Phi) is 8.02. The minimum absolute atomic E-state index is 0.135. The first kappa shape index (κ1) is 24.6. The first-order chi connectivity index (χ1) is 14.5. The lowest BCUT2D eigenvalue weighted by atomic mass is 10.3. The highest BCUT2D eigenvalue weighted by Crippen LogP contribution is 2.47. The van der Waals surface area contributed by atoms with E-state index in [1.807, 2.05) is 0 Å². The number of carbonyl (C=O) groups excluding carboxylic acids is 1. The maximum Gasteiger partial charge on any atom is 0.513 e. The number of halogens is 5. The van der Waals surface area contributed by atoms with Gasteiger partial charge in [-0.3, -0.25) is 4.79 Å². The summed E-state index contributed by atoms with van der Waals surface area (Å²) in [5.74, 6) is -14.6. The van der Waals surface area contributed by atoms with Gasteiger partial charge in [-0.25, -0.2) is 17.7 Å². The van der Waals surface area contributed by atoms with Gasteiger partial charge in [0.1, 0.15) is 11.8 Å². The number of hydrogen-bond donors (Lipinski definition) is 1. The van der Waals surface area contributed by atoms with Gasteiger partial charge in [0.15, 0.2) is 0 Å². The molecule has 12 heteroatoms. The second kappa shape index (κ2) is 10.1. The molecule has 0 aliphatic carbocycles. The molecule has 0 saturated carbocycles. The predicted molar refractivity (Wildman–Crippen MR) is 100.0 cm³/mol. The minimum atomic E-state index is -4.92. The zero-order valence-electron chi connectivity index (χ0n) is 16.6. The molecule has 0 aliphatic rings. The number of ether oxygens (including phenoxy) is 1. The summed E-state index contributed by atoms with van der Waals surface area (Å²) >= 11 is 0. The summed E-state index contributed by atoms with van der Waals surface area (Å²) < 4.78 is 96.4. The van der Waals surface area contributed by atoms with E-state index in [-0.39, 0.29) is 5.75 Å². The molecule has 6 nitrogen and oxygen atoms in total. The van der Waals surface area contributed by atoms with E-state index in [0.717, 1.165) is 0 Å². The van der Waals surface area contributed by atoms with Crippen LogP contribution in [0.15, 0.2) is 30.3 Å². The van der Waals surface area contributed by atoms with Crippen LogP contribution in [0.3, 0.4) is 0 Å². The van der Waals surface area contributed by atoms with Gasteiger partial charge in [-0.15, -0.1) is 0 Å². The number of benzene rings is 2. The van der Waals surface area contributed by atoms with Crippen molar-refractivity contribution < 1.29 is 45.1 Å². The molecule has 2 aromatic carbocycles. The van der Waals surface area contributed by atoms with E-state index in [9.17, 15) is 31.3 Å². The van der Waals surface area contributed by atoms with Crippen molar-refractivity contribution in [2.24, 2.45) is 0 Å². The summed E-state index contributed by atoms with van der Waals surface area (Å²) in [7, 11) is -4.92. The summed E-state index contributed by atoms with van der Waals surface area (Å²) in [6.45, 7) is 4.52. The van der Waals surface area contributed by atoms with Gasteiger partial charge in [-0.2, -0.15) is 13.9 Å². The van der Waals surface area contributed by atoms with E-state index in [4.69, 9.17) is 9.26 Å². The number of nitrogens with one attached hydrogen (secondary N) is 1. The van der Waals surface area contributed by atoms with Crippen LogP contribution in [0.4, 0.5) is 22.0 Å². The lowest BCUT2D eigenvalue weighted by molar-refractivity contribution is -0.150. The van der Waals surface area contributed by atoms with Gasteiger partial charge in [0.25, 0.3) is 0 Å². The Morgan fingerprint density at radius 1 is 0.935 bits per heavy atom. The molecule has 0 spiro atoms. The van der Waals surface area contributed by atoms with Crippen LogP contribution in [0.5, 0.6) is 11.5 Å². The Hall–Kier alpha value is -2.65. The average Bonchev–Trinajstić information content (AvgIpc) is 2.74. The fraction of sp³-hybridized carbons (Fsp3) is 0.316. The molecule has 2 aromatic rings. The molecular weight excluding hydrogens is 448 g/mol. The molecule has 0 aliphatic heterocycles. The van der Waals surface area contributed by atoms with Gasteiger partial charge < -0.3 is 13.8 Å². The smallest absolute Gasteiger partial charge is 0.462 e. The normalized spacial score (nSPS) is 15.0. The third kappa shape index (κ3) is 5.95. The molecule has 1 N–H and O–H groups in total. The Morgan fingerprint density at radius 2 is 1.45 bits per heavy atom. The van der Waals surface area contributed by atoms with E-state index >= 15 is 0 Å².